The van der Waals surface area contributed by atoms with Gasteiger partial charge in [-0.05, 0) is 18.6 Å². The van der Waals surface area contributed by atoms with Crippen LogP contribution in [0, 0.1) is 0 Å². The minimum absolute atomic E-state index is 0.409. The fourth-order valence-corrected chi connectivity index (χ4v) is 2.02. The first-order valence-corrected chi connectivity index (χ1v) is 5.10. The van der Waals surface area contributed by atoms with E-state index in [1.165, 1.54) is 4.48 Å². The van der Waals surface area contributed by atoms with Crippen molar-refractivity contribution in [2.45, 2.75) is 12.3 Å². The number of pyridine rings is 1. The maximum Gasteiger partial charge on any atom is 0.0486 e. The normalized spacial score (nSPS) is 21.3. The van der Waals surface area contributed by atoms with E-state index < -0.39 is 0 Å². The summed E-state index contributed by atoms with van der Waals surface area (Å²) in [6, 6.07) is 6.04. The third-order valence-electron chi connectivity index (χ3n) is 2.14. The highest BCUT2D eigenvalue weighted by atomic mass is 79.9. The van der Waals surface area contributed by atoms with Gasteiger partial charge in [-0.2, -0.15) is 0 Å². The smallest absolute Gasteiger partial charge is 0.0486 e. The van der Waals surface area contributed by atoms with E-state index in [2.05, 4.69) is 45.2 Å². The Kier molecular flexibility index (Phi) is 2.60. The van der Waals surface area contributed by atoms with E-state index in [1.807, 2.05) is 18.3 Å². The summed E-state index contributed by atoms with van der Waals surface area (Å²) in [7, 11) is 0. The molecule has 1 aromatic rings. The highest BCUT2D eigenvalue weighted by molar-refractivity contribution is 9.11. The minimum atomic E-state index is 0.409. The van der Waals surface area contributed by atoms with Crippen molar-refractivity contribution in [3.05, 3.63) is 52.8 Å². The van der Waals surface area contributed by atoms with Gasteiger partial charge in [0, 0.05) is 22.3 Å². The van der Waals surface area contributed by atoms with E-state index >= 15 is 0 Å². The molecule has 0 amide bonds. The molecule has 0 aliphatic heterocycles. The summed E-state index contributed by atoms with van der Waals surface area (Å²) in [6.07, 6.45) is 9.21. The molecule has 1 aliphatic rings. The van der Waals surface area contributed by atoms with Crippen molar-refractivity contribution >= 4 is 15.9 Å². The quantitative estimate of drug-likeness (QED) is 0.728. The molecule has 0 spiro atoms. The Bertz CT molecular complexity index is 340. The van der Waals surface area contributed by atoms with Crippen LogP contribution >= 0.6 is 15.9 Å². The molecule has 1 atom stereocenters. The topological polar surface area (TPSA) is 12.9 Å². The Morgan fingerprint density at radius 1 is 1.38 bits per heavy atom. The number of rotatable bonds is 1. The SMILES string of the molecule is BrC1=CC=CCC1c1ccccn1. The number of nitrogens with zero attached hydrogens (tertiary/aromatic N) is 1. The number of allylic oxidation sites excluding steroid dienone is 4. The van der Waals surface area contributed by atoms with E-state index in [4.69, 9.17) is 0 Å². The molecular formula is C11H10BrN. The molecule has 0 saturated carbocycles. The molecule has 1 unspecified atom stereocenters. The monoisotopic (exact) mass is 235 g/mol. The maximum atomic E-state index is 4.35. The van der Waals surface area contributed by atoms with Crippen LogP contribution in [0.15, 0.2) is 47.1 Å². The van der Waals surface area contributed by atoms with Gasteiger partial charge in [0.05, 0.1) is 0 Å². The van der Waals surface area contributed by atoms with Crippen LogP contribution in [0.1, 0.15) is 18.0 Å². The van der Waals surface area contributed by atoms with Crippen LogP contribution in [-0.4, -0.2) is 4.98 Å². The highest BCUT2D eigenvalue weighted by Gasteiger charge is 2.15. The molecule has 0 radical (unpaired) electrons. The molecule has 2 heteroatoms. The summed E-state index contributed by atoms with van der Waals surface area (Å²) in [5.74, 6) is 0.409. The Hall–Kier alpha value is -0.890. The average Bonchev–Trinajstić information content (AvgIpc) is 2.20. The van der Waals surface area contributed by atoms with Crippen molar-refractivity contribution in [2.75, 3.05) is 0 Å². The molecule has 0 N–H and O–H groups in total. The van der Waals surface area contributed by atoms with Crippen LogP contribution < -0.4 is 0 Å². The van der Waals surface area contributed by atoms with E-state index in [0.29, 0.717) is 5.92 Å². The summed E-state index contributed by atoms with van der Waals surface area (Å²) in [5, 5.41) is 0. The lowest BCUT2D eigenvalue weighted by molar-refractivity contribution is 0.807. The van der Waals surface area contributed by atoms with Gasteiger partial charge in [0.25, 0.3) is 0 Å². The molecule has 0 aromatic carbocycles. The molecule has 0 bridgehead atoms. The number of aromatic nitrogens is 1. The second-order valence-electron chi connectivity index (χ2n) is 3.02. The minimum Gasteiger partial charge on any atom is -0.261 e. The van der Waals surface area contributed by atoms with Crippen LogP contribution in [0.4, 0.5) is 0 Å². The Morgan fingerprint density at radius 2 is 2.31 bits per heavy atom. The summed E-state index contributed by atoms with van der Waals surface area (Å²) in [5.41, 5.74) is 1.13. The predicted octanol–water partition coefficient (Wildman–Crippen LogP) is 3.40. The molecule has 0 saturated heterocycles. The summed E-state index contributed by atoms with van der Waals surface area (Å²) in [6.45, 7) is 0. The first-order chi connectivity index (χ1) is 6.38. The molecule has 1 aliphatic carbocycles. The van der Waals surface area contributed by atoms with Gasteiger partial charge < -0.3 is 0 Å². The fraction of sp³-hybridized carbons (Fsp3) is 0.182. The van der Waals surface area contributed by atoms with Gasteiger partial charge in [-0.3, -0.25) is 4.98 Å². The predicted molar refractivity (Wildman–Crippen MR) is 57.7 cm³/mol. The average molecular weight is 236 g/mol. The van der Waals surface area contributed by atoms with Crippen LogP contribution in [0.3, 0.4) is 0 Å². The summed E-state index contributed by atoms with van der Waals surface area (Å²) >= 11 is 3.56. The second kappa shape index (κ2) is 3.88. The van der Waals surface area contributed by atoms with Crippen molar-refractivity contribution < 1.29 is 0 Å². The summed E-state index contributed by atoms with van der Waals surface area (Å²) in [4.78, 5) is 4.35. The Morgan fingerprint density at radius 3 is 3.00 bits per heavy atom. The second-order valence-corrected chi connectivity index (χ2v) is 3.94. The Labute approximate surface area is 86.3 Å². The first-order valence-electron chi connectivity index (χ1n) is 4.31. The molecule has 0 fully saturated rings. The standard InChI is InChI=1S/C11H10BrN/c12-10-6-2-1-5-9(10)11-7-3-4-8-13-11/h1-4,6-9H,5H2. The zero-order valence-corrected chi connectivity index (χ0v) is 8.74. The zero-order valence-electron chi connectivity index (χ0n) is 7.15. The largest absolute Gasteiger partial charge is 0.261 e. The Balaban J connectivity index is 2.28. The highest BCUT2D eigenvalue weighted by Crippen LogP contribution is 2.33. The molecule has 2 rings (SSSR count). The molecular weight excluding hydrogens is 226 g/mol. The van der Waals surface area contributed by atoms with E-state index in [1.54, 1.807) is 0 Å². The number of halogens is 1. The molecule has 66 valence electrons. The third-order valence-corrected chi connectivity index (χ3v) is 2.96. The zero-order chi connectivity index (χ0) is 9.10. The summed E-state index contributed by atoms with van der Waals surface area (Å²) < 4.78 is 1.22. The lowest BCUT2D eigenvalue weighted by Gasteiger charge is -2.16. The molecule has 1 nitrogen and oxygen atoms in total. The van der Waals surface area contributed by atoms with Crippen molar-refractivity contribution in [1.29, 1.82) is 0 Å². The molecule has 1 aromatic heterocycles. The number of hydrogen-bond acceptors (Lipinski definition) is 1. The van der Waals surface area contributed by atoms with Gasteiger partial charge in [-0.25, -0.2) is 0 Å². The van der Waals surface area contributed by atoms with Crippen molar-refractivity contribution in [3.63, 3.8) is 0 Å². The van der Waals surface area contributed by atoms with Gasteiger partial charge in [0.15, 0.2) is 0 Å². The van der Waals surface area contributed by atoms with Gasteiger partial charge >= 0.3 is 0 Å². The van der Waals surface area contributed by atoms with Crippen molar-refractivity contribution in [1.82, 2.24) is 4.98 Å². The molecule has 13 heavy (non-hydrogen) atoms. The van der Waals surface area contributed by atoms with Gasteiger partial charge in [0.1, 0.15) is 0 Å². The van der Waals surface area contributed by atoms with Crippen molar-refractivity contribution in [3.8, 4) is 0 Å². The van der Waals surface area contributed by atoms with Crippen LogP contribution in [0.2, 0.25) is 0 Å². The van der Waals surface area contributed by atoms with Crippen LogP contribution in [0.25, 0.3) is 0 Å². The lowest BCUT2D eigenvalue weighted by atomic mass is 9.97. The maximum absolute atomic E-state index is 4.35. The first kappa shape index (κ1) is 8.70. The van der Waals surface area contributed by atoms with Crippen molar-refractivity contribution in [2.24, 2.45) is 0 Å². The fourth-order valence-electron chi connectivity index (χ4n) is 1.45. The number of hydrogen-bond donors (Lipinski definition) is 0. The van der Waals surface area contributed by atoms with Gasteiger partial charge in [0.2, 0.25) is 0 Å². The van der Waals surface area contributed by atoms with Crippen LogP contribution in [0.5, 0.6) is 0 Å². The molecule has 1 heterocycles. The van der Waals surface area contributed by atoms with E-state index in [0.717, 1.165) is 12.1 Å². The van der Waals surface area contributed by atoms with Gasteiger partial charge in [-0.1, -0.05) is 40.2 Å². The van der Waals surface area contributed by atoms with E-state index in [9.17, 15) is 0 Å². The van der Waals surface area contributed by atoms with Gasteiger partial charge in [-0.15, -0.1) is 0 Å². The lowest BCUT2D eigenvalue weighted by Crippen LogP contribution is -2.01. The third kappa shape index (κ3) is 1.89. The van der Waals surface area contributed by atoms with Crippen LogP contribution in [-0.2, 0) is 0 Å². The van der Waals surface area contributed by atoms with E-state index in [-0.39, 0.29) is 0 Å².